The van der Waals surface area contributed by atoms with E-state index in [1.165, 1.54) is 16.6 Å². The van der Waals surface area contributed by atoms with Gasteiger partial charge in [-0.2, -0.15) is 4.31 Å². The first-order valence-electron chi connectivity index (χ1n) is 8.57. The summed E-state index contributed by atoms with van der Waals surface area (Å²) in [5, 5.41) is 3.51. The fraction of sp³-hybridized carbons (Fsp3) is 0.389. The minimum absolute atomic E-state index is 0.171. The smallest absolute Gasteiger partial charge is 0.267 e. The Morgan fingerprint density at radius 3 is 2.50 bits per heavy atom. The maximum atomic E-state index is 12.6. The third-order valence-electron chi connectivity index (χ3n) is 4.53. The largest absolute Gasteiger partial charge is 0.350 e. The Morgan fingerprint density at radius 1 is 1.19 bits per heavy atom. The van der Waals surface area contributed by atoms with E-state index >= 15 is 0 Å². The van der Waals surface area contributed by atoms with E-state index in [1.54, 1.807) is 11.6 Å². The van der Waals surface area contributed by atoms with Gasteiger partial charge in [-0.15, -0.1) is 0 Å². The van der Waals surface area contributed by atoms with Crippen molar-refractivity contribution in [1.82, 2.24) is 14.2 Å². The van der Waals surface area contributed by atoms with Crippen LogP contribution in [0.3, 0.4) is 0 Å². The van der Waals surface area contributed by atoms with Gasteiger partial charge in [0.05, 0.1) is 0 Å². The van der Waals surface area contributed by atoms with Gasteiger partial charge in [0.1, 0.15) is 10.6 Å². The molecule has 0 unspecified atom stereocenters. The Morgan fingerprint density at radius 2 is 1.85 bits per heavy atom. The zero-order chi connectivity index (χ0) is 18.7. The normalized spacial score (nSPS) is 15.3. The number of nitrogens with one attached hydrogen (secondary N) is 1. The summed E-state index contributed by atoms with van der Waals surface area (Å²) in [6.45, 7) is 1.54. The molecule has 0 atom stereocenters. The van der Waals surface area contributed by atoms with E-state index in [0.29, 0.717) is 36.8 Å². The summed E-state index contributed by atoms with van der Waals surface area (Å²) in [5.74, 6) is -0.288. The average molecular weight is 396 g/mol. The minimum atomic E-state index is -3.52. The molecule has 1 aliphatic rings. The van der Waals surface area contributed by atoms with Crippen molar-refractivity contribution in [2.45, 2.75) is 24.2 Å². The van der Waals surface area contributed by atoms with Crippen LogP contribution in [0.25, 0.3) is 0 Å². The molecule has 1 aliphatic heterocycles. The maximum Gasteiger partial charge on any atom is 0.267 e. The number of rotatable bonds is 6. The van der Waals surface area contributed by atoms with E-state index in [1.807, 2.05) is 24.3 Å². The molecule has 1 amide bonds. The molecule has 1 fully saturated rings. The summed E-state index contributed by atoms with van der Waals surface area (Å²) < 4.78 is 28.3. The Bertz CT molecular complexity index is 885. The van der Waals surface area contributed by atoms with Crippen molar-refractivity contribution in [2.75, 3.05) is 19.6 Å². The standard InChI is InChI=1S/C18H22ClN3O3S/c1-21-13-16(26(24,25)22-10-2-3-11-22)12-17(21)18(23)20-9-8-14-4-6-15(19)7-5-14/h4-7,12-13H,2-3,8-11H2,1H3,(H,20,23). The third kappa shape index (κ3) is 4.11. The number of hydrogen-bond donors (Lipinski definition) is 1. The molecule has 8 heteroatoms. The van der Waals surface area contributed by atoms with Crippen molar-refractivity contribution >= 4 is 27.5 Å². The number of nitrogens with zero attached hydrogens (tertiary/aromatic N) is 2. The Kier molecular flexibility index (Phi) is 5.70. The van der Waals surface area contributed by atoms with E-state index in [9.17, 15) is 13.2 Å². The highest BCUT2D eigenvalue weighted by molar-refractivity contribution is 7.89. The lowest BCUT2D eigenvalue weighted by atomic mass is 10.1. The van der Waals surface area contributed by atoms with Gasteiger partial charge in [-0.25, -0.2) is 8.42 Å². The van der Waals surface area contributed by atoms with Crippen LogP contribution in [0.2, 0.25) is 5.02 Å². The van der Waals surface area contributed by atoms with Gasteiger partial charge in [0.2, 0.25) is 10.0 Å². The molecule has 1 N–H and O–H groups in total. The summed E-state index contributed by atoms with van der Waals surface area (Å²) in [7, 11) is -1.84. The van der Waals surface area contributed by atoms with Crippen LogP contribution < -0.4 is 5.32 Å². The van der Waals surface area contributed by atoms with Crippen LogP contribution in [0.15, 0.2) is 41.4 Å². The van der Waals surface area contributed by atoms with Gasteiger partial charge < -0.3 is 9.88 Å². The summed E-state index contributed by atoms with van der Waals surface area (Å²) in [5.41, 5.74) is 1.40. The number of carbonyl (C=O) groups excluding carboxylic acids is 1. The van der Waals surface area contributed by atoms with Crippen LogP contribution in [-0.2, 0) is 23.5 Å². The van der Waals surface area contributed by atoms with Gasteiger partial charge in [0.15, 0.2) is 0 Å². The number of hydrogen-bond acceptors (Lipinski definition) is 3. The highest BCUT2D eigenvalue weighted by Crippen LogP contribution is 2.22. The number of aryl methyl sites for hydroxylation is 1. The first kappa shape index (κ1) is 18.9. The van der Waals surface area contributed by atoms with E-state index in [4.69, 9.17) is 11.6 Å². The summed E-state index contributed by atoms with van der Waals surface area (Å²) in [4.78, 5) is 12.6. The lowest BCUT2D eigenvalue weighted by molar-refractivity contribution is 0.0946. The summed E-state index contributed by atoms with van der Waals surface area (Å²) >= 11 is 5.85. The van der Waals surface area contributed by atoms with Crippen LogP contribution in [0, 0.1) is 0 Å². The Balaban J connectivity index is 1.64. The molecule has 0 aliphatic carbocycles. The first-order chi connectivity index (χ1) is 12.4. The lowest BCUT2D eigenvalue weighted by Gasteiger charge is -2.13. The Labute approximate surface area is 158 Å². The van der Waals surface area contributed by atoms with Crippen LogP contribution >= 0.6 is 11.6 Å². The highest BCUT2D eigenvalue weighted by Gasteiger charge is 2.29. The number of aromatic nitrogens is 1. The zero-order valence-electron chi connectivity index (χ0n) is 14.6. The van der Waals surface area contributed by atoms with Crippen LogP contribution in [0.4, 0.5) is 0 Å². The van der Waals surface area contributed by atoms with Gasteiger partial charge in [0, 0.05) is 37.9 Å². The molecule has 1 aromatic carbocycles. The monoisotopic (exact) mass is 395 g/mol. The SMILES string of the molecule is Cn1cc(S(=O)(=O)N2CCCC2)cc1C(=O)NCCc1ccc(Cl)cc1. The topological polar surface area (TPSA) is 71.4 Å². The quantitative estimate of drug-likeness (QED) is 0.816. The summed E-state index contributed by atoms with van der Waals surface area (Å²) in [6.07, 6.45) is 3.93. The van der Waals surface area contributed by atoms with Crippen LogP contribution in [0.5, 0.6) is 0 Å². The predicted octanol–water partition coefficient (Wildman–Crippen LogP) is 2.44. The second-order valence-electron chi connectivity index (χ2n) is 6.42. The number of sulfonamides is 1. The molecule has 26 heavy (non-hydrogen) atoms. The second kappa shape index (κ2) is 7.82. The predicted molar refractivity (Wildman–Crippen MR) is 101 cm³/mol. The second-order valence-corrected chi connectivity index (χ2v) is 8.79. The Hall–Kier alpha value is -1.83. The lowest BCUT2D eigenvalue weighted by Crippen LogP contribution is -2.28. The van der Waals surface area contributed by atoms with E-state index in [-0.39, 0.29) is 10.8 Å². The number of halogens is 1. The molecule has 2 aromatic rings. The molecule has 0 spiro atoms. The van der Waals surface area contributed by atoms with Crippen molar-refractivity contribution in [1.29, 1.82) is 0 Å². The highest BCUT2D eigenvalue weighted by atomic mass is 35.5. The van der Waals surface area contributed by atoms with E-state index < -0.39 is 10.0 Å². The fourth-order valence-corrected chi connectivity index (χ4v) is 4.76. The number of benzene rings is 1. The molecule has 140 valence electrons. The van der Waals surface area contributed by atoms with Crippen molar-refractivity contribution < 1.29 is 13.2 Å². The molecule has 3 rings (SSSR count). The fourth-order valence-electron chi connectivity index (χ4n) is 3.04. The number of carbonyl (C=O) groups is 1. The van der Waals surface area contributed by atoms with Gasteiger partial charge in [-0.1, -0.05) is 23.7 Å². The molecule has 1 aromatic heterocycles. The molecule has 0 radical (unpaired) electrons. The molecular weight excluding hydrogens is 374 g/mol. The van der Waals surface area contributed by atoms with Gasteiger partial charge in [0.25, 0.3) is 5.91 Å². The van der Waals surface area contributed by atoms with Gasteiger partial charge >= 0.3 is 0 Å². The third-order valence-corrected chi connectivity index (χ3v) is 6.64. The summed E-state index contributed by atoms with van der Waals surface area (Å²) in [6, 6.07) is 8.90. The van der Waals surface area contributed by atoms with Crippen molar-refractivity contribution in [3.63, 3.8) is 0 Å². The molecular formula is C18H22ClN3O3S. The zero-order valence-corrected chi connectivity index (χ0v) is 16.2. The van der Waals surface area contributed by atoms with Crippen LogP contribution in [0.1, 0.15) is 28.9 Å². The van der Waals surface area contributed by atoms with Gasteiger partial charge in [-0.05, 0) is 43.0 Å². The molecule has 2 heterocycles. The van der Waals surface area contributed by atoms with Gasteiger partial charge in [-0.3, -0.25) is 4.79 Å². The molecule has 0 saturated carbocycles. The van der Waals surface area contributed by atoms with Crippen molar-refractivity contribution in [3.05, 3.63) is 52.8 Å². The van der Waals surface area contributed by atoms with E-state index in [0.717, 1.165) is 18.4 Å². The van der Waals surface area contributed by atoms with Crippen molar-refractivity contribution in [2.24, 2.45) is 7.05 Å². The first-order valence-corrected chi connectivity index (χ1v) is 10.4. The minimum Gasteiger partial charge on any atom is -0.350 e. The average Bonchev–Trinajstić information content (AvgIpc) is 3.27. The maximum absolute atomic E-state index is 12.6. The van der Waals surface area contributed by atoms with Crippen LogP contribution in [-0.4, -0.2) is 42.8 Å². The van der Waals surface area contributed by atoms with Crippen molar-refractivity contribution in [3.8, 4) is 0 Å². The molecule has 6 nitrogen and oxygen atoms in total. The molecule has 1 saturated heterocycles. The number of amides is 1. The molecule has 0 bridgehead atoms. The van der Waals surface area contributed by atoms with E-state index in [2.05, 4.69) is 5.32 Å².